The molecule has 5 rings (SSSR count). The summed E-state index contributed by atoms with van der Waals surface area (Å²) in [6, 6.07) is 7.19. The molecular weight excluding hydrogens is 429 g/mol. The molecule has 0 radical (unpaired) electrons. The number of hydrogen-bond acceptors (Lipinski definition) is 3. The molecule has 0 bridgehead atoms. The van der Waals surface area contributed by atoms with Crippen molar-refractivity contribution >= 4 is 5.91 Å². The third kappa shape index (κ3) is 3.84. The van der Waals surface area contributed by atoms with Crippen molar-refractivity contribution in [1.82, 2.24) is 14.7 Å². The highest BCUT2D eigenvalue weighted by molar-refractivity contribution is 5.99. The largest absolute Gasteiger partial charge is 0.391 e. The zero-order valence-corrected chi connectivity index (χ0v) is 20.4. The molecule has 1 fully saturated rings. The van der Waals surface area contributed by atoms with Crippen molar-refractivity contribution in [3.8, 4) is 11.1 Å². The van der Waals surface area contributed by atoms with E-state index in [1.165, 1.54) is 0 Å². The van der Waals surface area contributed by atoms with Crippen molar-refractivity contribution in [3.05, 3.63) is 75.4 Å². The molecule has 1 amide bonds. The van der Waals surface area contributed by atoms with Gasteiger partial charge in [-0.25, -0.2) is 4.39 Å². The van der Waals surface area contributed by atoms with Crippen LogP contribution in [0.4, 0.5) is 4.39 Å². The van der Waals surface area contributed by atoms with E-state index in [1.807, 2.05) is 43.3 Å². The number of aliphatic hydroxyl groups excluding tert-OH is 1. The number of nitrogens with zero attached hydrogens (tertiary/aromatic N) is 3. The van der Waals surface area contributed by atoms with Crippen molar-refractivity contribution in [2.75, 3.05) is 0 Å². The highest BCUT2D eigenvalue weighted by Gasteiger charge is 2.38. The summed E-state index contributed by atoms with van der Waals surface area (Å²) in [4.78, 5) is 15.2. The number of carbonyl (C=O) groups is 1. The lowest BCUT2D eigenvalue weighted by Gasteiger charge is -2.35. The monoisotopic (exact) mass is 461 g/mol. The van der Waals surface area contributed by atoms with E-state index < -0.39 is 6.10 Å². The number of carbonyl (C=O) groups excluding carboxylic acids is 1. The van der Waals surface area contributed by atoms with Gasteiger partial charge in [-0.3, -0.25) is 9.48 Å². The summed E-state index contributed by atoms with van der Waals surface area (Å²) in [5, 5.41) is 14.9. The Kier molecular flexibility index (Phi) is 5.80. The van der Waals surface area contributed by atoms with Crippen LogP contribution in [0.15, 0.2) is 30.5 Å². The molecule has 1 aliphatic heterocycles. The lowest BCUT2D eigenvalue weighted by Crippen LogP contribution is -2.45. The van der Waals surface area contributed by atoms with Crippen LogP contribution >= 0.6 is 0 Å². The Balaban J connectivity index is 1.44. The van der Waals surface area contributed by atoms with Gasteiger partial charge in [0.15, 0.2) is 0 Å². The van der Waals surface area contributed by atoms with E-state index in [0.29, 0.717) is 24.1 Å². The first-order valence-electron chi connectivity index (χ1n) is 12.1. The number of hydrogen-bond donors (Lipinski definition) is 1. The molecule has 2 heterocycles. The van der Waals surface area contributed by atoms with Gasteiger partial charge in [-0.05, 0) is 79.1 Å². The van der Waals surface area contributed by atoms with Crippen LogP contribution < -0.4 is 0 Å². The number of fused-ring (bicyclic) bond motifs is 1. The maximum absolute atomic E-state index is 15.2. The molecule has 178 valence electrons. The molecule has 5 nitrogen and oxygen atoms in total. The molecule has 1 saturated carbocycles. The van der Waals surface area contributed by atoms with Crippen molar-refractivity contribution in [1.29, 1.82) is 0 Å². The first-order chi connectivity index (χ1) is 16.2. The van der Waals surface area contributed by atoms with Gasteiger partial charge in [-0.1, -0.05) is 25.0 Å². The zero-order valence-electron chi connectivity index (χ0n) is 20.4. The van der Waals surface area contributed by atoms with Crippen molar-refractivity contribution < 1.29 is 14.3 Å². The Labute approximate surface area is 200 Å². The van der Waals surface area contributed by atoms with Crippen molar-refractivity contribution in [3.63, 3.8) is 0 Å². The average Bonchev–Trinajstić information content (AvgIpc) is 3.32. The summed E-state index contributed by atoms with van der Waals surface area (Å²) in [7, 11) is 1.86. The van der Waals surface area contributed by atoms with Crippen LogP contribution in [-0.4, -0.2) is 37.8 Å². The molecule has 34 heavy (non-hydrogen) atoms. The van der Waals surface area contributed by atoms with E-state index in [-0.39, 0.29) is 17.8 Å². The molecule has 0 spiro atoms. The Morgan fingerprint density at radius 3 is 2.50 bits per heavy atom. The molecule has 1 aliphatic carbocycles. The summed E-state index contributed by atoms with van der Waals surface area (Å²) >= 11 is 0. The number of rotatable bonds is 4. The van der Waals surface area contributed by atoms with E-state index in [9.17, 15) is 9.90 Å². The predicted molar refractivity (Wildman–Crippen MR) is 130 cm³/mol. The first kappa shape index (κ1) is 22.8. The van der Waals surface area contributed by atoms with Crippen LogP contribution in [0.5, 0.6) is 0 Å². The maximum Gasteiger partial charge on any atom is 0.254 e. The van der Waals surface area contributed by atoms with Crippen LogP contribution in [-0.2, 0) is 20.0 Å². The highest BCUT2D eigenvalue weighted by atomic mass is 19.1. The van der Waals surface area contributed by atoms with Crippen LogP contribution in [0.1, 0.15) is 69.6 Å². The molecule has 2 atom stereocenters. The van der Waals surface area contributed by atoms with E-state index in [0.717, 1.165) is 64.8 Å². The number of aliphatic hydroxyl groups is 1. The fraction of sp³-hybridized carbons (Fsp3) is 0.429. The normalized spacial score (nSPS) is 20.2. The Morgan fingerprint density at radius 1 is 1.06 bits per heavy atom. The van der Waals surface area contributed by atoms with Gasteiger partial charge in [0.2, 0.25) is 0 Å². The molecule has 0 unspecified atom stereocenters. The maximum atomic E-state index is 15.2. The second-order valence-corrected chi connectivity index (χ2v) is 9.95. The summed E-state index contributed by atoms with van der Waals surface area (Å²) in [6.45, 7) is 6.58. The highest BCUT2D eigenvalue weighted by Crippen LogP contribution is 2.36. The number of aryl methyl sites for hydroxylation is 2. The van der Waals surface area contributed by atoms with Gasteiger partial charge in [0.1, 0.15) is 5.82 Å². The van der Waals surface area contributed by atoms with Gasteiger partial charge in [0, 0.05) is 37.3 Å². The molecule has 6 heteroatoms. The zero-order chi connectivity index (χ0) is 24.1. The molecule has 2 aliphatic rings. The van der Waals surface area contributed by atoms with E-state index in [2.05, 4.69) is 18.9 Å². The lowest BCUT2D eigenvalue weighted by molar-refractivity contribution is 0.0191. The Hall–Kier alpha value is -2.99. The number of halogens is 1. The quantitative estimate of drug-likeness (QED) is 0.595. The summed E-state index contributed by atoms with van der Waals surface area (Å²) in [5.41, 5.74) is 8.13. The van der Waals surface area contributed by atoms with Crippen LogP contribution in [0.2, 0.25) is 0 Å². The fourth-order valence-corrected chi connectivity index (χ4v) is 5.68. The Bertz CT molecular complexity index is 1280. The van der Waals surface area contributed by atoms with Gasteiger partial charge >= 0.3 is 0 Å². The minimum atomic E-state index is -0.455. The summed E-state index contributed by atoms with van der Waals surface area (Å²) in [6.07, 6.45) is 5.53. The number of amides is 1. The third-order valence-electron chi connectivity index (χ3n) is 7.81. The summed E-state index contributed by atoms with van der Waals surface area (Å²) < 4.78 is 16.9. The topological polar surface area (TPSA) is 58.4 Å². The van der Waals surface area contributed by atoms with Gasteiger partial charge in [0.25, 0.3) is 5.91 Å². The Morgan fingerprint density at radius 2 is 1.82 bits per heavy atom. The summed E-state index contributed by atoms with van der Waals surface area (Å²) in [5.74, 6) is -0.259. The average molecular weight is 462 g/mol. The second-order valence-electron chi connectivity index (χ2n) is 9.95. The molecule has 1 aromatic heterocycles. The van der Waals surface area contributed by atoms with Crippen LogP contribution in [0.25, 0.3) is 11.1 Å². The standard InChI is InChI=1S/C28H32FN3O2/c1-16-17(2)23-15-32(26-7-5-6-8-27(26)33)28(34)22(23)12-21(16)11-20-10-9-19(13-25(20)29)24-14-31(4)30-18(24)3/h9-10,12-14,26-27,33H,5-8,11,15H2,1-4H3/t26-,27-/m1/s1. The predicted octanol–water partition coefficient (Wildman–Crippen LogP) is 5.00. The minimum Gasteiger partial charge on any atom is -0.391 e. The molecular formula is C28H32FN3O2. The van der Waals surface area contributed by atoms with E-state index in [1.54, 1.807) is 10.7 Å². The number of benzene rings is 2. The van der Waals surface area contributed by atoms with Gasteiger partial charge < -0.3 is 10.0 Å². The third-order valence-corrected chi connectivity index (χ3v) is 7.81. The van der Waals surface area contributed by atoms with Crippen molar-refractivity contribution in [2.45, 2.75) is 71.6 Å². The van der Waals surface area contributed by atoms with Crippen LogP contribution in [0, 0.1) is 26.6 Å². The van der Waals surface area contributed by atoms with Gasteiger partial charge in [-0.2, -0.15) is 5.10 Å². The molecule has 2 aromatic carbocycles. The van der Waals surface area contributed by atoms with Crippen molar-refractivity contribution in [2.24, 2.45) is 7.05 Å². The number of aromatic nitrogens is 2. The fourth-order valence-electron chi connectivity index (χ4n) is 5.68. The van der Waals surface area contributed by atoms with E-state index in [4.69, 9.17) is 0 Å². The molecule has 1 N–H and O–H groups in total. The molecule has 3 aromatic rings. The van der Waals surface area contributed by atoms with Gasteiger partial charge in [-0.15, -0.1) is 0 Å². The first-order valence-corrected chi connectivity index (χ1v) is 12.1. The molecule has 0 saturated heterocycles. The minimum absolute atomic E-state index is 0.00632. The van der Waals surface area contributed by atoms with Gasteiger partial charge in [0.05, 0.1) is 17.8 Å². The SMILES string of the molecule is Cc1nn(C)cc1-c1ccc(Cc2cc3c(c(C)c2C)CN([C@@H]2CCCC[C@H]2O)C3=O)c(F)c1. The lowest BCUT2D eigenvalue weighted by atomic mass is 9.90. The second kappa shape index (κ2) is 8.66. The van der Waals surface area contributed by atoms with Crippen LogP contribution in [0.3, 0.4) is 0 Å². The van der Waals surface area contributed by atoms with E-state index >= 15 is 4.39 Å². The smallest absolute Gasteiger partial charge is 0.254 e.